The third kappa shape index (κ3) is 5.00. The van der Waals surface area contributed by atoms with E-state index in [1.54, 1.807) is 7.05 Å². The minimum atomic E-state index is 0.726. The molecule has 6 heteroatoms. The van der Waals surface area contributed by atoms with Crippen LogP contribution in [0, 0.1) is 0 Å². The van der Waals surface area contributed by atoms with E-state index < -0.39 is 0 Å². The minimum Gasteiger partial charge on any atom is -0.493 e. The Morgan fingerprint density at radius 1 is 1.00 bits per heavy atom. The van der Waals surface area contributed by atoms with Gasteiger partial charge < -0.3 is 19.9 Å². The average Bonchev–Trinajstić information content (AvgIpc) is 3.49. The van der Waals surface area contributed by atoms with E-state index in [0.717, 1.165) is 61.8 Å². The number of guanidine groups is 1. The highest BCUT2D eigenvalue weighted by Gasteiger charge is 2.11. The van der Waals surface area contributed by atoms with Gasteiger partial charge in [0.2, 0.25) is 0 Å². The fraction of sp³-hybridized carbons (Fsp3) is 0.259. The van der Waals surface area contributed by atoms with E-state index in [1.807, 2.05) is 18.5 Å². The summed E-state index contributed by atoms with van der Waals surface area (Å²) in [6.45, 7) is 3.17. The molecule has 1 aliphatic rings. The third-order valence-corrected chi connectivity index (χ3v) is 6.05. The van der Waals surface area contributed by atoms with Crippen molar-refractivity contribution in [2.24, 2.45) is 4.99 Å². The Kier molecular flexibility index (Phi) is 6.24. The molecule has 5 rings (SSSR count). The van der Waals surface area contributed by atoms with Crippen LogP contribution in [0.25, 0.3) is 11.0 Å². The lowest BCUT2D eigenvalue weighted by Crippen LogP contribution is -2.37. The molecule has 0 saturated carbocycles. The van der Waals surface area contributed by atoms with Crippen LogP contribution in [0.1, 0.15) is 22.3 Å². The number of para-hydroxylation sites is 2. The fourth-order valence-corrected chi connectivity index (χ4v) is 4.22. The SMILES string of the molecule is CN=C(NCCc1ccc2c(c1)CCO2)NCc1ccc(Cn2cnc3ccccc32)cc1. The molecule has 0 radical (unpaired) electrons. The highest BCUT2D eigenvalue weighted by Crippen LogP contribution is 2.25. The highest BCUT2D eigenvalue weighted by molar-refractivity contribution is 5.79. The van der Waals surface area contributed by atoms with Crippen molar-refractivity contribution in [3.8, 4) is 5.75 Å². The van der Waals surface area contributed by atoms with Gasteiger partial charge in [-0.2, -0.15) is 0 Å². The molecule has 0 fully saturated rings. The predicted molar refractivity (Wildman–Crippen MR) is 133 cm³/mol. The number of fused-ring (bicyclic) bond motifs is 2. The molecule has 33 heavy (non-hydrogen) atoms. The molecule has 0 unspecified atom stereocenters. The summed E-state index contributed by atoms with van der Waals surface area (Å²) >= 11 is 0. The third-order valence-electron chi connectivity index (χ3n) is 6.05. The number of hydrogen-bond donors (Lipinski definition) is 2. The summed E-state index contributed by atoms with van der Waals surface area (Å²) in [5, 5.41) is 6.82. The predicted octanol–water partition coefficient (Wildman–Crippen LogP) is 3.93. The molecule has 1 aromatic heterocycles. The number of aliphatic imine (C=N–C) groups is 1. The van der Waals surface area contributed by atoms with Gasteiger partial charge in [0.25, 0.3) is 0 Å². The van der Waals surface area contributed by atoms with Gasteiger partial charge in [0, 0.05) is 33.1 Å². The number of hydrogen-bond acceptors (Lipinski definition) is 3. The number of nitrogens with one attached hydrogen (secondary N) is 2. The summed E-state index contributed by atoms with van der Waals surface area (Å²) < 4.78 is 7.77. The molecular formula is C27H29N5O. The van der Waals surface area contributed by atoms with Gasteiger partial charge in [0.15, 0.2) is 5.96 Å². The lowest BCUT2D eigenvalue weighted by atomic mass is 10.1. The normalized spacial score (nSPS) is 13.1. The Balaban J connectivity index is 1.10. The first-order valence-electron chi connectivity index (χ1n) is 11.5. The number of benzene rings is 3. The van der Waals surface area contributed by atoms with Gasteiger partial charge in [-0.3, -0.25) is 4.99 Å². The van der Waals surface area contributed by atoms with Crippen molar-refractivity contribution in [3.05, 3.63) is 95.3 Å². The Labute approximate surface area is 194 Å². The molecule has 0 atom stereocenters. The zero-order chi connectivity index (χ0) is 22.5. The molecule has 2 N–H and O–H groups in total. The number of rotatable bonds is 7. The van der Waals surface area contributed by atoms with Gasteiger partial charge in [-0.15, -0.1) is 0 Å². The maximum atomic E-state index is 5.59. The first-order valence-corrected chi connectivity index (χ1v) is 11.5. The summed E-state index contributed by atoms with van der Waals surface area (Å²) in [7, 11) is 1.81. The van der Waals surface area contributed by atoms with E-state index in [1.165, 1.54) is 22.3 Å². The maximum absolute atomic E-state index is 5.59. The lowest BCUT2D eigenvalue weighted by molar-refractivity contribution is 0.357. The van der Waals surface area contributed by atoms with Crippen molar-refractivity contribution in [2.45, 2.75) is 25.9 Å². The van der Waals surface area contributed by atoms with Crippen molar-refractivity contribution in [1.29, 1.82) is 0 Å². The zero-order valence-electron chi connectivity index (χ0n) is 18.9. The number of aromatic nitrogens is 2. The van der Waals surface area contributed by atoms with Crippen molar-refractivity contribution < 1.29 is 4.74 Å². The Bertz CT molecular complexity index is 1260. The van der Waals surface area contributed by atoms with Crippen molar-refractivity contribution in [1.82, 2.24) is 20.2 Å². The van der Waals surface area contributed by atoms with E-state index in [9.17, 15) is 0 Å². The molecule has 6 nitrogen and oxygen atoms in total. The molecule has 0 bridgehead atoms. The maximum Gasteiger partial charge on any atom is 0.191 e. The first kappa shape index (κ1) is 21.1. The second-order valence-corrected chi connectivity index (χ2v) is 8.32. The van der Waals surface area contributed by atoms with Crippen LogP contribution in [0.5, 0.6) is 5.75 Å². The molecule has 4 aromatic rings. The van der Waals surface area contributed by atoms with Crippen molar-refractivity contribution >= 4 is 17.0 Å². The Morgan fingerprint density at radius 3 is 2.70 bits per heavy atom. The van der Waals surface area contributed by atoms with Crippen molar-refractivity contribution in [3.63, 3.8) is 0 Å². The summed E-state index contributed by atoms with van der Waals surface area (Å²) in [5.74, 6) is 1.85. The molecule has 3 aromatic carbocycles. The average molecular weight is 440 g/mol. The smallest absolute Gasteiger partial charge is 0.191 e. The molecular weight excluding hydrogens is 410 g/mol. The van der Waals surface area contributed by atoms with Crippen LogP contribution >= 0.6 is 0 Å². The second-order valence-electron chi connectivity index (χ2n) is 8.32. The molecule has 0 amide bonds. The van der Waals surface area contributed by atoms with Gasteiger partial charge in [0.05, 0.1) is 24.0 Å². The Morgan fingerprint density at radius 2 is 1.82 bits per heavy atom. The lowest BCUT2D eigenvalue weighted by Gasteiger charge is -2.13. The van der Waals surface area contributed by atoms with Crippen LogP contribution in [-0.4, -0.2) is 35.7 Å². The molecule has 1 aliphatic heterocycles. The monoisotopic (exact) mass is 439 g/mol. The van der Waals surface area contributed by atoms with Crippen LogP contribution in [0.4, 0.5) is 0 Å². The number of imidazole rings is 1. The van der Waals surface area contributed by atoms with Crippen molar-refractivity contribution in [2.75, 3.05) is 20.2 Å². The first-order chi connectivity index (χ1) is 16.3. The number of ether oxygens (including phenoxy) is 1. The van der Waals surface area contributed by atoms with E-state index in [4.69, 9.17) is 4.74 Å². The molecule has 0 aliphatic carbocycles. The zero-order valence-corrected chi connectivity index (χ0v) is 18.9. The van der Waals surface area contributed by atoms with Gasteiger partial charge >= 0.3 is 0 Å². The van der Waals surface area contributed by atoms with Crippen LogP contribution < -0.4 is 15.4 Å². The standard InChI is InChI=1S/C27H29N5O/c1-28-27(29-14-12-20-10-11-26-23(16-20)13-15-33-26)30-17-21-6-8-22(9-7-21)18-32-19-31-24-4-2-3-5-25(24)32/h2-11,16,19H,12-15,17-18H2,1H3,(H2,28,29,30). The summed E-state index contributed by atoms with van der Waals surface area (Å²) in [6, 6.07) is 23.4. The van der Waals surface area contributed by atoms with Gasteiger partial charge in [0.1, 0.15) is 5.75 Å². The summed E-state index contributed by atoms with van der Waals surface area (Å²) in [5.41, 5.74) is 7.30. The van der Waals surface area contributed by atoms with Crippen LogP contribution in [0.15, 0.2) is 78.0 Å². The van der Waals surface area contributed by atoms with Gasteiger partial charge in [-0.1, -0.05) is 48.5 Å². The van der Waals surface area contributed by atoms with E-state index in [-0.39, 0.29) is 0 Å². The summed E-state index contributed by atoms with van der Waals surface area (Å²) in [4.78, 5) is 8.83. The minimum absolute atomic E-state index is 0.726. The largest absolute Gasteiger partial charge is 0.493 e. The van der Waals surface area contributed by atoms with E-state index in [0.29, 0.717) is 0 Å². The number of nitrogens with zero attached hydrogens (tertiary/aromatic N) is 3. The van der Waals surface area contributed by atoms with Gasteiger partial charge in [-0.05, 0) is 46.9 Å². The summed E-state index contributed by atoms with van der Waals surface area (Å²) in [6.07, 6.45) is 3.87. The topological polar surface area (TPSA) is 63.5 Å². The highest BCUT2D eigenvalue weighted by atomic mass is 16.5. The van der Waals surface area contributed by atoms with E-state index in [2.05, 4.69) is 79.8 Å². The molecule has 0 spiro atoms. The van der Waals surface area contributed by atoms with Crippen LogP contribution in [-0.2, 0) is 25.9 Å². The van der Waals surface area contributed by atoms with Crippen LogP contribution in [0.3, 0.4) is 0 Å². The Hall–Kier alpha value is -3.80. The second kappa shape index (κ2) is 9.77. The fourth-order valence-electron chi connectivity index (χ4n) is 4.22. The molecule has 2 heterocycles. The quantitative estimate of drug-likeness (QED) is 0.338. The van der Waals surface area contributed by atoms with Crippen LogP contribution in [0.2, 0.25) is 0 Å². The molecule has 168 valence electrons. The molecule has 0 saturated heterocycles. The van der Waals surface area contributed by atoms with E-state index >= 15 is 0 Å². The van der Waals surface area contributed by atoms with Gasteiger partial charge in [-0.25, -0.2) is 4.98 Å².